The number of aliphatic hydroxyl groups is 2. The van der Waals surface area contributed by atoms with Crippen molar-refractivity contribution in [2.24, 2.45) is 0 Å². The van der Waals surface area contributed by atoms with Gasteiger partial charge in [-0.15, -0.1) is 0 Å². The van der Waals surface area contributed by atoms with Crippen molar-refractivity contribution in [3.8, 4) is 0 Å². The summed E-state index contributed by atoms with van der Waals surface area (Å²) in [5.74, 6) is 1.06. The van der Waals surface area contributed by atoms with Gasteiger partial charge in [-0.05, 0) is 36.4 Å². The van der Waals surface area contributed by atoms with Gasteiger partial charge in [0.25, 0.3) is 0 Å². The summed E-state index contributed by atoms with van der Waals surface area (Å²) in [6.07, 6.45) is 1.17. The standard InChI is InChI=1S/C17H17N5O2/c23-16(21-14-8-1-3-10-18-14)12-6-5-7-13(20-12)17(24)22-15-9-2-4-11-19-15/h1-11,16-17,23-24H,(H,18,21)(H,19,22). The average Bonchev–Trinajstić information content (AvgIpc) is 2.63. The van der Waals surface area contributed by atoms with Crippen molar-refractivity contribution in [1.29, 1.82) is 0 Å². The van der Waals surface area contributed by atoms with Crippen LogP contribution in [0.25, 0.3) is 0 Å². The second-order valence-corrected chi connectivity index (χ2v) is 5.01. The fraction of sp³-hybridized carbons (Fsp3) is 0.118. The first-order valence-corrected chi connectivity index (χ1v) is 7.40. The summed E-state index contributed by atoms with van der Waals surface area (Å²) >= 11 is 0. The second kappa shape index (κ2) is 7.49. The van der Waals surface area contributed by atoms with Gasteiger partial charge in [0.05, 0.1) is 11.4 Å². The number of nitrogens with zero attached hydrogens (tertiary/aromatic N) is 3. The molecule has 0 saturated heterocycles. The lowest BCUT2D eigenvalue weighted by atomic mass is 10.2. The first-order valence-electron chi connectivity index (χ1n) is 7.40. The molecule has 0 aliphatic carbocycles. The molecule has 4 N–H and O–H groups in total. The third kappa shape index (κ3) is 4.03. The first-order chi connectivity index (χ1) is 11.7. The van der Waals surface area contributed by atoms with E-state index >= 15 is 0 Å². The number of hydrogen-bond acceptors (Lipinski definition) is 7. The number of rotatable bonds is 6. The second-order valence-electron chi connectivity index (χ2n) is 5.01. The Morgan fingerprint density at radius 1 is 0.667 bits per heavy atom. The minimum atomic E-state index is -1.04. The number of pyridine rings is 3. The fourth-order valence-corrected chi connectivity index (χ4v) is 2.10. The molecule has 0 spiro atoms. The summed E-state index contributed by atoms with van der Waals surface area (Å²) in [4.78, 5) is 12.5. The third-order valence-electron chi connectivity index (χ3n) is 3.25. The van der Waals surface area contributed by atoms with E-state index in [1.807, 2.05) is 12.1 Å². The Morgan fingerprint density at radius 2 is 1.17 bits per heavy atom. The van der Waals surface area contributed by atoms with Gasteiger partial charge in [-0.3, -0.25) is 0 Å². The number of nitrogens with one attached hydrogen (secondary N) is 2. The minimum Gasteiger partial charge on any atom is -0.368 e. The Labute approximate surface area is 139 Å². The van der Waals surface area contributed by atoms with Gasteiger partial charge in [-0.25, -0.2) is 15.0 Å². The van der Waals surface area contributed by atoms with Gasteiger partial charge in [0.2, 0.25) is 0 Å². The van der Waals surface area contributed by atoms with Crippen molar-refractivity contribution in [3.05, 3.63) is 78.4 Å². The molecule has 0 bridgehead atoms. The maximum Gasteiger partial charge on any atom is 0.169 e. The largest absolute Gasteiger partial charge is 0.368 e. The smallest absolute Gasteiger partial charge is 0.169 e. The highest BCUT2D eigenvalue weighted by molar-refractivity contribution is 5.37. The lowest BCUT2D eigenvalue weighted by Crippen LogP contribution is -2.16. The molecule has 7 nitrogen and oxygen atoms in total. The molecule has 0 fully saturated rings. The first kappa shape index (κ1) is 15.9. The van der Waals surface area contributed by atoms with Crippen molar-refractivity contribution < 1.29 is 10.2 Å². The quantitative estimate of drug-likeness (QED) is 0.515. The minimum absolute atomic E-state index is 0.375. The molecule has 2 atom stereocenters. The summed E-state index contributed by atoms with van der Waals surface area (Å²) in [5, 5.41) is 26.2. The summed E-state index contributed by atoms with van der Waals surface area (Å²) in [7, 11) is 0. The Bertz CT molecular complexity index is 707. The van der Waals surface area contributed by atoms with E-state index in [1.165, 1.54) is 0 Å². The van der Waals surface area contributed by atoms with Crippen molar-refractivity contribution in [2.45, 2.75) is 12.5 Å². The molecule has 0 aromatic carbocycles. The van der Waals surface area contributed by atoms with E-state index < -0.39 is 12.5 Å². The molecular weight excluding hydrogens is 306 g/mol. The van der Waals surface area contributed by atoms with Crippen molar-refractivity contribution in [2.75, 3.05) is 10.6 Å². The van der Waals surface area contributed by atoms with Crippen LogP contribution in [0.15, 0.2) is 67.0 Å². The SMILES string of the molecule is OC(Nc1ccccn1)c1cccc(C(O)Nc2ccccn2)n1. The molecule has 0 aliphatic heterocycles. The van der Waals surface area contributed by atoms with Crippen LogP contribution in [0, 0.1) is 0 Å². The zero-order chi connectivity index (χ0) is 16.8. The molecule has 3 aromatic heterocycles. The molecule has 3 aromatic rings. The summed E-state index contributed by atoms with van der Waals surface area (Å²) in [6, 6.07) is 15.7. The van der Waals surface area contributed by atoms with Crippen molar-refractivity contribution in [3.63, 3.8) is 0 Å². The monoisotopic (exact) mass is 323 g/mol. The highest BCUT2D eigenvalue weighted by Gasteiger charge is 2.14. The Hall–Kier alpha value is -3.03. The molecule has 7 heteroatoms. The van der Waals surface area contributed by atoms with Crippen LogP contribution in [-0.4, -0.2) is 25.2 Å². The van der Waals surface area contributed by atoms with Gasteiger partial charge in [0.15, 0.2) is 12.5 Å². The summed E-state index contributed by atoms with van der Waals surface area (Å²) in [5.41, 5.74) is 0.750. The predicted octanol–water partition coefficient (Wildman–Crippen LogP) is 2.08. The normalized spacial score (nSPS) is 13.1. The number of aromatic nitrogens is 3. The molecular formula is C17H17N5O2. The molecule has 3 heterocycles. The van der Waals surface area contributed by atoms with Gasteiger partial charge >= 0.3 is 0 Å². The van der Waals surface area contributed by atoms with E-state index in [9.17, 15) is 10.2 Å². The lowest BCUT2D eigenvalue weighted by Gasteiger charge is -2.16. The van der Waals surface area contributed by atoms with Gasteiger partial charge in [-0.1, -0.05) is 18.2 Å². The van der Waals surface area contributed by atoms with Gasteiger partial charge in [0.1, 0.15) is 11.6 Å². The van der Waals surface area contributed by atoms with Crippen molar-refractivity contribution >= 4 is 11.6 Å². The highest BCUT2D eigenvalue weighted by atomic mass is 16.3. The average molecular weight is 323 g/mol. The molecule has 122 valence electrons. The van der Waals surface area contributed by atoms with Crippen LogP contribution in [0.1, 0.15) is 23.8 Å². The van der Waals surface area contributed by atoms with E-state index in [4.69, 9.17) is 0 Å². The summed E-state index contributed by atoms with van der Waals surface area (Å²) in [6.45, 7) is 0. The van der Waals surface area contributed by atoms with Crippen LogP contribution in [0.4, 0.5) is 11.6 Å². The van der Waals surface area contributed by atoms with Crippen LogP contribution in [0.3, 0.4) is 0 Å². The lowest BCUT2D eigenvalue weighted by molar-refractivity contribution is 0.191. The zero-order valence-corrected chi connectivity index (χ0v) is 12.7. The van der Waals surface area contributed by atoms with Gasteiger partial charge in [0, 0.05) is 12.4 Å². The van der Waals surface area contributed by atoms with Crippen LogP contribution in [-0.2, 0) is 0 Å². The fourth-order valence-electron chi connectivity index (χ4n) is 2.10. The predicted molar refractivity (Wildman–Crippen MR) is 89.9 cm³/mol. The van der Waals surface area contributed by atoms with Crippen molar-refractivity contribution in [1.82, 2.24) is 15.0 Å². The molecule has 0 amide bonds. The zero-order valence-electron chi connectivity index (χ0n) is 12.7. The maximum atomic E-state index is 10.2. The molecule has 3 rings (SSSR count). The maximum absolute atomic E-state index is 10.2. The van der Waals surface area contributed by atoms with Crippen LogP contribution < -0.4 is 10.6 Å². The highest BCUT2D eigenvalue weighted by Crippen LogP contribution is 2.18. The van der Waals surface area contributed by atoms with Crippen LogP contribution in [0.2, 0.25) is 0 Å². The van der Waals surface area contributed by atoms with Crippen LogP contribution >= 0.6 is 0 Å². The molecule has 2 unspecified atom stereocenters. The number of anilines is 2. The van der Waals surface area contributed by atoms with E-state index in [2.05, 4.69) is 25.6 Å². The molecule has 24 heavy (non-hydrogen) atoms. The van der Waals surface area contributed by atoms with Crippen LogP contribution in [0.5, 0.6) is 0 Å². The third-order valence-corrected chi connectivity index (χ3v) is 3.25. The Balaban J connectivity index is 1.71. The van der Waals surface area contributed by atoms with E-state index in [-0.39, 0.29) is 0 Å². The summed E-state index contributed by atoms with van der Waals surface area (Å²) < 4.78 is 0. The number of aliphatic hydroxyl groups excluding tert-OH is 2. The Kier molecular flexibility index (Phi) is 4.95. The molecule has 0 radical (unpaired) electrons. The molecule has 0 aliphatic rings. The van der Waals surface area contributed by atoms with E-state index in [1.54, 1.807) is 54.9 Å². The number of hydrogen-bond donors (Lipinski definition) is 4. The molecule has 0 saturated carbocycles. The topological polar surface area (TPSA) is 103 Å². The van der Waals surface area contributed by atoms with E-state index in [0.717, 1.165) is 0 Å². The van der Waals surface area contributed by atoms with Gasteiger partial charge in [-0.2, -0.15) is 0 Å². The van der Waals surface area contributed by atoms with Gasteiger partial charge < -0.3 is 20.8 Å². The van der Waals surface area contributed by atoms with E-state index in [0.29, 0.717) is 23.0 Å². The Morgan fingerprint density at radius 3 is 1.58 bits per heavy atom.